The van der Waals surface area contributed by atoms with E-state index in [4.69, 9.17) is 5.11 Å². The number of hydrogen-bond acceptors (Lipinski definition) is 6. The number of benzene rings is 1. The molecule has 0 aliphatic rings. The van der Waals surface area contributed by atoms with Crippen LogP contribution in [0.2, 0.25) is 0 Å². The second-order valence-electron chi connectivity index (χ2n) is 3.68. The first-order valence-electron chi connectivity index (χ1n) is 5.59. The van der Waals surface area contributed by atoms with Crippen molar-refractivity contribution < 1.29 is 17.9 Å². The normalized spacial score (nSPS) is 10.6. The molecule has 0 unspecified atom stereocenters. The van der Waals surface area contributed by atoms with Crippen LogP contribution in [0.5, 0.6) is 0 Å². The first-order valence-corrected chi connectivity index (χ1v) is 7.07. The molecular weight excluding hydrogens is 299 g/mol. The van der Waals surface area contributed by atoms with Gasteiger partial charge in [0.15, 0.2) is 0 Å². The van der Waals surface area contributed by atoms with Crippen LogP contribution >= 0.6 is 0 Å². The Kier molecular flexibility index (Phi) is 4.42. The van der Waals surface area contributed by atoms with Gasteiger partial charge in [0.25, 0.3) is 16.0 Å². The van der Waals surface area contributed by atoms with Crippen LogP contribution in [0.4, 0.5) is 10.3 Å². The number of aliphatic hydroxyl groups is 1. The Bertz CT molecular complexity index is 800. The van der Waals surface area contributed by atoms with Gasteiger partial charge in [0.2, 0.25) is 0 Å². The van der Waals surface area contributed by atoms with Crippen molar-refractivity contribution in [3.63, 3.8) is 0 Å². The summed E-state index contributed by atoms with van der Waals surface area (Å²) in [6.07, 6.45) is 2.52. The Morgan fingerprint density at radius 1 is 1.33 bits per heavy atom. The molecule has 0 bridgehead atoms. The van der Waals surface area contributed by atoms with Gasteiger partial charge >= 0.3 is 0 Å². The Morgan fingerprint density at radius 3 is 2.76 bits per heavy atom. The van der Waals surface area contributed by atoms with Gasteiger partial charge in [0.1, 0.15) is 17.3 Å². The molecule has 0 spiro atoms. The predicted molar refractivity (Wildman–Crippen MR) is 71.0 cm³/mol. The summed E-state index contributed by atoms with van der Waals surface area (Å²) in [7, 11) is -4.17. The van der Waals surface area contributed by atoms with Crippen molar-refractivity contribution in [2.45, 2.75) is 4.90 Å². The van der Waals surface area contributed by atoms with Gasteiger partial charge in [-0.1, -0.05) is 11.8 Å². The third-order valence-corrected chi connectivity index (χ3v) is 3.60. The quantitative estimate of drug-likeness (QED) is 0.782. The lowest BCUT2D eigenvalue weighted by atomic mass is 10.2. The van der Waals surface area contributed by atoms with Gasteiger partial charge in [-0.15, -0.1) is 5.10 Å². The first kappa shape index (κ1) is 14.8. The summed E-state index contributed by atoms with van der Waals surface area (Å²) >= 11 is 0. The van der Waals surface area contributed by atoms with Crippen molar-refractivity contribution in [2.75, 3.05) is 11.3 Å². The van der Waals surface area contributed by atoms with Crippen molar-refractivity contribution >= 4 is 16.0 Å². The molecular formula is C12H9FN4O3S. The third kappa shape index (κ3) is 3.71. The molecule has 21 heavy (non-hydrogen) atoms. The minimum Gasteiger partial charge on any atom is -0.384 e. The number of rotatable bonds is 3. The second kappa shape index (κ2) is 6.25. The van der Waals surface area contributed by atoms with Crippen LogP contribution in [0.15, 0.2) is 35.5 Å². The molecule has 108 valence electrons. The van der Waals surface area contributed by atoms with Gasteiger partial charge in [-0.25, -0.2) is 22.5 Å². The molecule has 2 rings (SSSR count). The zero-order valence-corrected chi connectivity index (χ0v) is 11.3. The highest BCUT2D eigenvalue weighted by Gasteiger charge is 2.20. The number of anilines is 1. The number of nitrogens with zero attached hydrogens (tertiary/aromatic N) is 3. The molecule has 2 aromatic rings. The summed E-state index contributed by atoms with van der Waals surface area (Å²) in [5, 5.41) is 15.5. The van der Waals surface area contributed by atoms with Crippen molar-refractivity contribution in [1.29, 1.82) is 0 Å². The highest BCUT2D eigenvalue weighted by atomic mass is 32.2. The molecule has 0 saturated heterocycles. The molecule has 0 atom stereocenters. The number of nitrogens with one attached hydrogen (secondary N) is 1. The highest BCUT2D eigenvalue weighted by Crippen LogP contribution is 2.17. The third-order valence-electron chi connectivity index (χ3n) is 2.24. The molecule has 0 radical (unpaired) electrons. The molecule has 0 fully saturated rings. The fraction of sp³-hybridized carbons (Fsp3) is 0.0833. The average Bonchev–Trinajstić information content (AvgIpc) is 2.45. The molecule has 2 N–H and O–H groups in total. The van der Waals surface area contributed by atoms with Gasteiger partial charge in [-0.2, -0.15) is 5.10 Å². The van der Waals surface area contributed by atoms with Crippen molar-refractivity contribution in [3.8, 4) is 11.8 Å². The summed E-state index contributed by atoms with van der Waals surface area (Å²) in [4.78, 5) is 3.08. The lowest BCUT2D eigenvalue weighted by Crippen LogP contribution is -2.16. The molecule has 1 heterocycles. The van der Waals surface area contributed by atoms with E-state index >= 15 is 0 Å². The monoisotopic (exact) mass is 308 g/mol. The zero-order valence-electron chi connectivity index (χ0n) is 10.5. The SMILES string of the molecule is O=S(=O)(Nc1nccnn1)c1ccc(C#CCO)cc1F. The van der Waals surface area contributed by atoms with Crippen LogP contribution in [-0.4, -0.2) is 35.3 Å². The minimum absolute atomic E-state index is 0.248. The molecule has 1 aromatic heterocycles. The van der Waals surface area contributed by atoms with Crippen LogP contribution in [0.1, 0.15) is 5.56 Å². The number of sulfonamides is 1. The van der Waals surface area contributed by atoms with Crippen molar-refractivity contribution in [2.24, 2.45) is 0 Å². The van der Waals surface area contributed by atoms with E-state index in [2.05, 4.69) is 27.0 Å². The zero-order chi connectivity index (χ0) is 15.3. The molecule has 0 saturated carbocycles. The summed E-state index contributed by atoms with van der Waals surface area (Å²) in [6, 6.07) is 3.35. The fourth-order valence-corrected chi connectivity index (χ4v) is 2.41. The largest absolute Gasteiger partial charge is 0.384 e. The van der Waals surface area contributed by atoms with E-state index < -0.39 is 20.7 Å². The van der Waals surface area contributed by atoms with Crippen LogP contribution in [0, 0.1) is 17.7 Å². The summed E-state index contributed by atoms with van der Waals surface area (Å²) in [6.45, 7) is -0.373. The topological polar surface area (TPSA) is 105 Å². The van der Waals surface area contributed by atoms with Crippen molar-refractivity contribution in [3.05, 3.63) is 42.0 Å². The molecule has 9 heteroatoms. The smallest absolute Gasteiger partial charge is 0.267 e. The molecule has 7 nitrogen and oxygen atoms in total. The molecule has 0 aliphatic carbocycles. The second-order valence-corrected chi connectivity index (χ2v) is 5.33. The van der Waals surface area contributed by atoms with Gasteiger partial charge in [0.05, 0.1) is 12.4 Å². The van der Waals surface area contributed by atoms with Crippen LogP contribution < -0.4 is 4.72 Å². The minimum atomic E-state index is -4.17. The molecule has 1 aromatic carbocycles. The van der Waals surface area contributed by atoms with Gasteiger partial charge in [0, 0.05) is 5.56 Å². The Morgan fingerprint density at radius 2 is 2.14 bits per heavy atom. The van der Waals surface area contributed by atoms with Crippen molar-refractivity contribution in [1.82, 2.24) is 15.2 Å². The maximum absolute atomic E-state index is 13.9. The Balaban J connectivity index is 2.32. The standard InChI is InChI=1S/C12H9FN4O3S/c13-10-8-9(2-1-7-18)3-4-11(10)21(19,20)17-12-14-5-6-15-16-12/h3-6,8,18H,7H2,(H,14,16,17). The van der Waals surface area contributed by atoms with E-state index in [0.29, 0.717) is 0 Å². The maximum Gasteiger partial charge on any atom is 0.267 e. The molecule has 0 aliphatic heterocycles. The Labute approximate surface area is 119 Å². The van der Waals surface area contributed by atoms with Gasteiger partial charge < -0.3 is 5.11 Å². The van der Waals surface area contributed by atoms with Crippen LogP contribution in [0.3, 0.4) is 0 Å². The Hall–Kier alpha value is -2.57. The number of hydrogen-bond donors (Lipinski definition) is 2. The van der Waals surface area contributed by atoms with E-state index in [1.54, 1.807) is 0 Å². The van der Waals surface area contributed by atoms with E-state index in [1.807, 2.05) is 4.72 Å². The highest BCUT2D eigenvalue weighted by molar-refractivity contribution is 7.92. The number of halogens is 1. The number of aliphatic hydroxyl groups excluding tert-OH is 1. The maximum atomic E-state index is 13.9. The lowest BCUT2D eigenvalue weighted by Gasteiger charge is -2.06. The van der Waals surface area contributed by atoms with E-state index in [1.165, 1.54) is 18.5 Å². The van der Waals surface area contributed by atoms with Crippen LogP contribution in [0.25, 0.3) is 0 Å². The molecule has 0 amide bonds. The summed E-state index contributed by atoms with van der Waals surface area (Å²) in [5.74, 6) is 3.57. The lowest BCUT2D eigenvalue weighted by molar-refractivity contribution is 0.350. The first-order chi connectivity index (χ1) is 10.0. The predicted octanol–water partition coefficient (Wildman–Crippen LogP) is 0.155. The fourth-order valence-electron chi connectivity index (χ4n) is 1.41. The van der Waals surface area contributed by atoms with Gasteiger partial charge in [-0.3, -0.25) is 0 Å². The van der Waals surface area contributed by atoms with Gasteiger partial charge in [-0.05, 0) is 18.2 Å². The summed E-state index contributed by atoms with van der Waals surface area (Å²) < 4.78 is 39.9. The number of aromatic nitrogens is 3. The van der Waals surface area contributed by atoms with Crippen LogP contribution in [-0.2, 0) is 10.0 Å². The summed E-state index contributed by atoms with van der Waals surface area (Å²) in [5.41, 5.74) is 0.248. The average molecular weight is 308 g/mol. The van der Waals surface area contributed by atoms with E-state index in [9.17, 15) is 12.8 Å². The van der Waals surface area contributed by atoms with E-state index in [-0.39, 0.29) is 18.1 Å². The van der Waals surface area contributed by atoms with E-state index in [0.717, 1.165) is 12.1 Å².